The van der Waals surface area contributed by atoms with Gasteiger partial charge in [0.15, 0.2) is 0 Å². The van der Waals surface area contributed by atoms with E-state index in [0.717, 1.165) is 30.6 Å². The number of allylic oxidation sites excluding steroid dienone is 3. The number of hydrogen-bond donors (Lipinski definition) is 2. The Morgan fingerprint density at radius 1 is 1.30 bits per heavy atom. The maximum atomic E-state index is 10.9. The predicted octanol–water partition coefficient (Wildman–Crippen LogP) is 4.56. The summed E-state index contributed by atoms with van der Waals surface area (Å²) in [6.45, 7) is 10.4. The molecule has 3 heteroatoms. The van der Waals surface area contributed by atoms with Gasteiger partial charge in [-0.05, 0) is 55.4 Å². The lowest BCUT2D eigenvalue weighted by Gasteiger charge is -2.14. The van der Waals surface area contributed by atoms with Crippen LogP contribution in [0.15, 0.2) is 42.6 Å². The summed E-state index contributed by atoms with van der Waals surface area (Å²) in [5, 5.41) is 3.25. The Balaban J connectivity index is 0.00000127. The predicted molar refractivity (Wildman–Crippen MR) is 100.0 cm³/mol. The van der Waals surface area contributed by atoms with Crippen molar-refractivity contribution in [3.63, 3.8) is 0 Å². The molecule has 0 radical (unpaired) electrons. The average Bonchev–Trinajstić information content (AvgIpc) is 2.98. The molecule has 0 fully saturated rings. The van der Waals surface area contributed by atoms with Crippen LogP contribution in [0.25, 0.3) is 5.57 Å². The zero-order valence-electron chi connectivity index (χ0n) is 14.7. The minimum Gasteiger partial charge on any atom is -0.399 e. The van der Waals surface area contributed by atoms with Crippen molar-refractivity contribution in [3.05, 3.63) is 48.2 Å². The number of Topliss-reactive ketones (excluding diaryl/α,β-unsaturated/α-hetero) is 1. The lowest BCUT2D eigenvalue weighted by Crippen LogP contribution is -2.17. The van der Waals surface area contributed by atoms with Crippen LogP contribution < -0.4 is 11.1 Å². The van der Waals surface area contributed by atoms with Gasteiger partial charge in [0.1, 0.15) is 5.78 Å². The van der Waals surface area contributed by atoms with Gasteiger partial charge in [-0.15, -0.1) is 0 Å². The van der Waals surface area contributed by atoms with Crippen molar-refractivity contribution in [2.24, 2.45) is 5.92 Å². The van der Waals surface area contributed by atoms with Gasteiger partial charge in [0.05, 0.1) is 0 Å². The number of anilines is 1. The largest absolute Gasteiger partial charge is 0.399 e. The first-order valence-electron chi connectivity index (χ1n) is 8.50. The summed E-state index contributed by atoms with van der Waals surface area (Å²) in [6.07, 6.45) is 6.02. The van der Waals surface area contributed by atoms with Crippen LogP contribution >= 0.6 is 0 Å². The summed E-state index contributed by atoms with van der Waals surface area (Å²) >= 11 is 0. The van der Waals surface area contributed by atoms with Gasteiger partial charge in [0, 0.05) is 24.4 Å². The Morgan fingerprint density at radius 3 is 2.57 bits per heavy atom. The van der Waals surface area contributed by atoms with Gasteiger partial charge < -0.3 is 11.1 Å². The highest BCUT2D eigenvalue weighted by Crippen LogP contribution is 2.35. The summed E-state index contributed by atoms with van der Waals surface area (Å²) in [6, 6.07) is 8.07. The van der Waals surface area contributed by atoms with E-state index in [1.807, 2.05) is 26.0 Å². The van der Waals surface area contributed by atoms with E-state index in [1.165, 1.54) is 11.1 Å². The number of nitrogens with one attached hydrogen (secondary N) is 1. The molecule has 0 bridgehead atoms. The van der Waals surface area contributed by atoms with E-state index >= 15 is 0 Å². The topological polar surface area (TPSA) is 55.1 Å². The van der Waals surface area contributed by atoms with E-state index in [-0.39, 0.29) is 5.78 Å². The van der Waals surface area contributed by atoms with Gasteiger partial charge in [-0.25, -0.2) is 0 Å². The number of carbonyl (C=O) groups excluding carboxylic acids is 1. The maximum Gasteiger partial charge on any atom is 0.131 e. The van der Waals surface area contributed by atoms with E-state index < -0.39 is 0 Å². The standard InChI is InChI=1S/C18H24N2O.C2H6/c1-13(20-10-9-14(2)21)11-15-3-4-17(12-15)16-5-7-18(19)8-6-16;1-2/h4-8,15,20H,1,3,9-12,19H2,2H3;1-2H3. The lowest BCUT2D eigenvalue weighted by molar-refractivity contribution is -0.116. The normalized spacial score (nSPS) is 16.1. The fourth-order valence-corrected chi connectivity index (χ4v) is 2.71. The molecule has 0 saturated heterocycles. The third kappa shape index (κ3) is 6.72. The molecule has 1 aromatic carbocycles. The third-order valence-electron chi connectivity index (χ3n) is 3.87. The summed E-state index contributed by atoms with van der Waals surface area (Å²) < 4.78 is 0. The second-order valence-electron chi connectivity index (χ2n) is 5.84. The molecule has 23 heavy (non-hydrogen) atoms. The first-order chi connectivity index (χ1) is 11.0. The molecular formula is C20H30N2O. The number of carbonyl (C=O) groups is 1. The third-order valence-corrected chi connectivity index (χ3v) is 3.87. The number of nitrogen functional groups attached to an aromatic ring is 1. The number of rotatable bonds is 7. The Bertz CT molecular complexity index is 543. The molecule has 0 amide bonds. The Hall–Kier alpha value is -2.03. The van der Waals surface area contributed by atoms with Crippen LogP contribution in [0.1, 0.15) is 52.0 Å². The van der Waals surface area contributed by atoms with Crippen molar-refractivity contribution in [2.45, 2.75) is 46.5 Å². The highest BCUT2D eigenvalue weighted by Gasteiger charge is 2.18. The molecule has 0 aliphatic heterocycles. The van der Waals surface area contributed by atoms with E-state index in [9.17, 15) is 4.79 Å². The molecule has 1 aliphatic rings. The van der Waals surface area contributed by atoms with Gasteiger partial charge in [0.25, 0.3) is 0 Å². The van der Waals surface area contributed by atoms with Gasteiger partial charge in [-0.2, -0.15) is 0 Å². The molecule has 1 aromatic rings. The van der Waals surface area contributed by atoms with Crippen molar-refractivity contribution >= 4 is 17.0 Å². The lowest BCUT2D eigenvalue weighted by atomic mass is 9.97. The fourth-order valence-electron chi connectivity index (χ4n) is 2.71. The van der Waals surface area contributed by atoms with Crippen LogP contribution in [0.5, 0.6) is 0 Å². The van der Waals surface area contributed by atoms with Crippen molar-refractivity contribution in [2.75, 3.05) is 12.3 Å². The number of benzene rings is 1. The first kappa shape index (κ1) is 19.0. The smallest absolute Gasteiger partial charge is 0.131 e. The van der Waals surface area contributed by atoms with E-state index in [4.69, 9.17) is 5.73 Å². The van der Waals surface area contributed by atoms with E-state index in [1.54, 1.807) is 6.92 Å². The second kappa shape index (κ2) is 9.88. The average molecular weight is 314 g/mol. The maximum absolute atomic E-state index is 10.9. The first-order valence-corrected chi connectivity index (χ1v) is 8.50. The minimum absolute atomic E-state index is 0.212. The summed E-state index contributed by atoms with van der Waals surface area (Å²) in [4.78, 5) is 10.9. The van der Waals surface area contributed by atoms with Gasteiger partial charge in [0.2, 0.25) is 0 Å². The number of hydrogen-bond acceptors (Lipinski definition) is 3. The minimum atomic E-state index is 0.212. The molecule has 3 N–H and O–H groups in total. The van der Waals surface area contributed by atoms with E-state index in [0.29, 0.717) is 18.9 Å². The molecule has 1 aliphatic carbocycles. The van der Waals surface area contributed by atoms with Crippen LogP contribution in [-0.4, -0.2) is 12.3 Å². The molecule has 1 unspecified atom stereocenters. The van der Waals surface area contributed by atoms with Crippen molar-refractivity contribution < 1.29 is 4.79 Å². The Morgan fingerprint density at radius 2 is 1.96 bits per heavy atom. The zero-order valence-corrected chi connectivity index (χ0v) is 14.7. The summed E-state index contributed by atoms with van der Waals surface area (Å²) in [5.41, 5.74) is 10.2. The molecule has 0 saturated carbocycles. The van der Waals surface area contributed by atoms with Crippen molar-refractivity contribution in [1.82, 2.24) is 5.32 Å². The summed E-state index contributed by atoms with van der Waals surface area (Å²) in [7, 11) is 0. The zero-order chi connectivity index (χ0) is 17.2. The van der Waals surface area contributed by atoms with Crippen LogP contribution in [0, 0.1) is 5.92 Å². The summed E-state index contributed by atoms with van der Waals surface area (Å²) in [5.74, 6) is 0.818. The monoisotopic (exact) mass is 314 g/mol. The Kier molecular flexibility index (Phi) is 8.17. The second-order valence-corrected chi connectivity index (χ2v) is 5.84. The number of nitrogens with two attached hydrogens (primary N) is 1. The molecule has 0 aromatic heterocycles. The van der Waals surface area contributed by atoms with Crippen molar-refractivity contribution in [1.29, 1.82) is 0 Å². The highest BCUT2D eigenvalue weighted by molar-refractivity contribution is 5.75. The van der Waals surface area contributed by atoms with Crippen LogP contribution in [0.2, 0.25) is 0 Å². The Labute approximate surface area is 140 Å². The molecule has 0 spiro atoms. The van der Waals surface area contributed by atoms with E-state index in [2.05, 4.69) is 30.1 Å². The molecular weight excluding hydrogens is 284 g/mol. The highest BCUT2D eigenvalue weighted by atomic mass is 16.1. The molecule has 3 nitrogen and oxygen atoms in total. The molecule has 2 rings (SSSR count). The van der Waals surface area contributed by atoms with Gasteiger partial charge in [-0.1, -0.05) is 38.6 Å². The SMILES string of the molecule is C=C(CC1CC=C(c2ccc(N)cc2)C1)NCCC(C)=O.CC. The van der Waals surface area contributed by atoms with Crippen LogP contribution in [-0.2, 0) is 4.79 Å². The molecule has 0 heterocycles. The van der Waals surface area contributed by atoms with Gasteiger partial charge >= 0.3 is 0 Å². The van der Waals surface area contributed by atoms with Crippen LogP contribution in [0.4, 0.5) is 5.69 Å². The molecule has 1 atom stereocenters. The molecule has 126 valence electrons. The van der Waals surface area contributed by atoms with Crippen LogP contribution in [0.3, 0.4) is 0 Å². The number of ketones is 1. The quantitative estimate of drug-likeness (QED) is 0.725. The van der Waals surface area contributed by atoms with Gasteiger partial charge in [-0.3, -0.25) is 4.79 Å². The fraction of sp³-hybridized carbons (Fsp3) is 0.450. The van der Waals surface area contributed by atoms with Crippen molar-refractivity contribution in [3.8, 4) is 0 Å².